The molecule has 0 atom stereocenters. The van der Waals surface area contributed by atoms with Crippen LogP contribution in [0.25, 0.3) is 16.1 Å². The van der Waals surface area contributed by atoms with Crippen molar-refractivity contribution < 1.29 is 0 Å². The second-order valence-electron chi connectivity index (χ2n) is 3.03. The molecule has 0 aromatic carbocycles. The average Bonchev–Trinajstić information content (AvgIpc) is 2.66. The lowest BCUT2D eigenvalue weighted by molar-refractivity contribution is 0.727. The number of fused-ring (bicyclic) bond motifs is 1. The maximum absolute atomic E-state index is 8.14. The van der Waals surface area contributed by atoms with Crippen LogP contribution in [0.15, 0.2) is 23.6 Å². The van der Waals surface area contributed by atoms with Gasteiger partial charge in [-0.1, -0.05) is 5.11 Å². The van der Waals surface area contributed by atoms with Gasteiger partial charge in [0.05, 0.1) is 5.69 Å². The molecule has 0 spiro atoms. The van der Waals surface area contributed by atoms with Gasteiger partial charge < -0.3 is 4.57 Å². The third-order valence-electron chi connectivity index (χ3n) is 2.02. The number of hydrogen-bond donors (Lipinski definition) is 0. The summed E-state index contributed by atoms with van der Waals surface area (Å²) in [5, 5.41) is 7.74. The van der Waals surface area contributed by atoms with Crippen LogP contribution >= 0.6 is 0 Å². The topological polar surface area (TPSA) is 71.0 Å². The summed E-state index contributed by atoms with van der Waals surface area (Å²) in [6.45, 7) is 3.10. The molecule has 0 bridgehead atoms. The van der Waals surface area contributed by atoms with Gasteiger partial charge in [0, 0.05) is 36.5 Å². The molecule has 0 saturated carbocycles. The molecule has 6 nitrogen and oxygen atoms in total. The summed E-state index contributed by atoms with van der Waals surface area (Å²) in [4.78, 5) is 2.71. The van der Waals surface area contributed by atoms with Crippen molar-refractivity contribution in [3.05, 3.63) is 34.6 Å². The molecule has 0 saturated heterocycles. The Labute approximate surface area is 80.4 Å². The highest BCUT2D eigenvalue weighted by Crippen LogP contribution is 2.06. The van der Waals surface area contributed by atoms with E-state index in [4.69, 9.17) is 5.53 Å². The van der Waals surface area contributed by atoms with Gasteiger partial charge in [0.15, 0.2) is 0 Å². The molecule has 6 heteroatoms. The molecule has 2 aromatic rings. The van der Waals surface area contributed by atoms with Gasteiger partial charge in [0.1, 0.15) is 5.65 Å². The second kappa shape index (κ2) is 3.43. The molecule has 14 heavy (non-hydrogen) atoms. The van der Waals surface area contributed by atoms with Crippen LogP contribution in [-0.2, 0) is 6.54 Å². The van der Waals surface area contributed by atoms with Gasteiger partial charge in [0.2, 0.25) is 0 Å². The Kier molecular flexibility index (Phi) is 2.12. The lowest BCUT2D eigenvalue weighted by Crippen LogP contribution is -1.98. The van der Waals surface area contributed by atoms with Crippen LogP contribution in [0, 0.1) is 6.92 Å². The molecule has 0 aliphatic rings. The minimum atomic E-state index is 0.463. The van der Waals surface area contributed by atoms with Crippen molar-refractivity contribution in [2.75, 3.05) is 6.54 Å². The van der Waals surface area contributed by atoms with Crippen molar-refractivity contribution in [1.29, 1.82) is 0 Å². The molecule has 0 fully saturated rings. The molecule has 0 radical (unpaired) electrons. The summed E-state index contributed by atoms with van der Waals surface area (Å²) in [6.07, 6.45) is 3.81. The fraction of sp³-hybridized carbons (Fsp3) is 0.375. The number of aromatic nitrogens is 3. The predicted octanol–water partition coefficient (Wildman–Crippen LogP) is 1.75. The summed E-state index contributed by atoms with van der Waals surface area (Å²) in [6, 6.07) is 2.00. The number of nitrogens with zero attached hydrogens (tertiary/aromatic N) is 6. The van der Waals surface area contributed by atoms with Gasteiger partial charge in [-0.2, -0.15) is 5.10 Å². The number of imidazole rings is 1. The molecule has 2 aromatic heterocycles. The van der Waals surface area contributed by atoms with E-state index >= 15 is 0 Å². The zero-order chi connectivity index (χ0) is 9.97. The van der Waals surface area contributed by atoms with E-state index in [-0.39, 0.29) is 0 Å². The Morgan fingerprint density at radius 1 is 1.57 bits per heavy atom. The summed E-state index contributed by atoms with van der Waals surface area (Å²) in [5.74, 6) is 0. The Morgan fingerprint density at radius 2 is 2.43 bits per heavy atom. The maximum Gasteiger partial charge on any atom is 0.135 e. The quantitative estimate of drug-likeness (QED) is 0.413. The predicted molar refractivity (Wildman–Crippen MR) is 51.9 cm³/mol. The number of rotatable bonds is 3. The first kappa shape index (κ1) is 8.65. The number of azide groups is 1. The molecular weight excluding hydrogens is 180 g/mol. The van der Waals surface area contributed by atoms with Crippen LogP contribution in [0.3, 0.4) is 0 Å². The molecule has 2 heterocycles. The van der Waals surface area contributed by atoms with Crippen molar-refractivity contribution in [3.63, 3.8) is 0 Å². The van der Waals surface area contributed by atoms with Crippen molar-refractivity contribution in [2.24, 2.45) is 5.11 Å². The van der Waals surface area contributed by atoms with E-state index < -0.39 is 0 Å². The minimum absolute atomic E-state index is 0.463. The highest BCUT2D eigenvalue weighted by Gasteiger charge is 2.02. The van der Waals surface area contributed by atoms with Gasteiger partial charge in [-0.15, -0.1) is 0 Å². The normalized spacial score (nSPS) is 10.4. The van der Waals surface area contributed by atoms with Crippen molar-refractivity contribution >= 4 is 5.65 Å². The van der Waals surface area contributed by atoms with Gasteiger partial charge in [0.25, 0.3) is 0 Å². The minimum Gasteiger partial charge on any atom is -0.331 e. The lowest BCUT2D eigenvalue weighted by atomic mass is 10.5. The first-order valence-corrected chi connectivity index (χ1v) is 4.33. The Hall–Kier alpha value is -1.94. The third kappa shape index (κ3) is 1.43. The van der Waals surface area contributed by atoms with E-state index in [2.05, 4.69) is 15.1 Å². The first-order chi connectivity index (χ1) is 6.81. The van der Waals surface area contributed by atoms with Crippen molar-refractivity contribution in [3.8, 4) is 0 Å². The van der Waals surface area contributed by atoms with Gasteiger partial charge >= 0.3 is 0 Å². The van der Waals surface area contributed by atoms with Crippen LogP contribution in [-0.4, -0.2) is 20.7 Å². The van der Waals surface area contributed by atoms with E-state index in [9.17, 15) is 0 Å². The molecule has 0 aliphatic heterocycles. The van der Waals surface area contributed by atoms with E-state index in [1.54, 1.807) is 0 Å². The lowest BCUT2D eigenvalue weighted by Gasteiger charge is -1.97. The molecule has 0 unspecified atom stereocenters. The summed E-state index contributed by atoms with van der Waals surface area (Å²) >= 11 is 0. The summed E-state index contributed by atoms with van der Waals surface area (Å²) < 4.78 is 3.82. The number of hydrogen-bond acceptors (Lipinski definition) is 2. The highest BCUT2D eigenvalue weighted by molar-refractivity contribution is 5.40. The van der Waals surface area contributed by atoms with Gasteiger partial charge in [-0.3, -0.25) is 0 Å². The Morgan fingerprint density at radius 3 is 3.21 bits per heavy atom. The second-order valence-corrected chi connectivity index (χ2v) is 3.03. The molecule has 0 amide bonds. The van der Waals surface area contributed by atoms with Crippen LogP contribution in [0.1, 0.15) is 5.69 Å². The van der Waals surface area contributed by atoms with Gasteiger partial charge in [-0.05, 0) is 12.5 Å². The van der Waals surface area contributed by atoms with E-state index in [0.717, 1.165) is 11.3 Å². The average molecular weight is 190 g/mol. The van der Waals surface area contributed by atoms with E-state index in [0.29, 0.717) is 13.1 Å². The van der Waals surface area contributed by atoms with Crippen LogP contribution in [0.5, 0.6) is 0 Å². The molecule has 0 N–H and O–H groups in total. The van der Waals surface area contributed by atoms with Gasteiger partial charge in [-0.25, -0.2) is 4.52 Å². The SMILES string of the molecule is Cc1cc2n(CCN=[N+]=[N-])ccn2n1. The zero-order valence-corrected chi connectivity index (χ0v) is 7.83. The molecule has 72 valence electrons. The molecular formula is C8H10N6. The number of aryl methyl sites for hydroxylation is 1. The monoisotopic (exact) mass is 190 g/mol. The van der Waals surface area contributed by atoms with E-state index in [1.807, 2.05) is 34.5 Å². The highest BCUT2D eigenvalue weighted by atomic mass is 15.3. The fourth-order valence-electron chi connectivity index (χ4n) is 1.43. The third-order valence-corrected chi connectivity index (χ3v) is 2.02. The summed E-state index contributed by atoms with van der Waals surface area (Å²) in [7, 11) is 0. The van der Waals surface area contributed by atoms with Crippen molar-refractivity contribution in [2.45, 2.75) is 13.5 Å². The van der Waals surface area contributed by atoms with Crippen LogP contribution < -0.4 is 0 Å². The first-order valence-electron chi connectivity index (χ1n) is 4.33. The largest absolute Gasteiger partial charge is 0.331 e. The van der Waals surface area contributed by atoms with Crippen molar-refractivity contribution in [1.82, 2.24) is 14.2 Å². The van der Waals surface area contributed by atoms with E-state index in [1.165, 1.54) is 0 Å². The van der Waals surface area contributed by atoms with Crippen LogP contribution in [0.4, 0.5) is 0 Å². The zero-order valence-electron chi connectivity index (χ0n) is 7.83. The fourth-order valence-corrected chi connectivity index (χ4v) is 1.43. The standard InChI is InChI=1S/C8H10N6/c1-7-6-8-13(3-2-10-12-9)4-5-14(8)11-7/h4-6H,2-3H2,1H3. The Bertz CT molecular complexity index is 487. The van der Waals surface area contributed by atoms with Crippen LogP contribution in [0.2, 0.25) is 0 Å². The molecule has 2 rings (SSSR count). The Balaban J connectivity index is 2.27. The molecule has 0 aliphatic carbocycles. The maximum atomic E-state index is 8.14. The summed E-state index contributed by atoms with van der Waals surface area (Å²) in [5.41, 5.74) is 10.2. The smallest absolute Gasteiger partial charge is 0.135 e.